The highest BCUT2D eigenvalue weighted by Gasteiger charge is 2.39. The first kappa shape index (κ1) is 17.3. The van der Waals surface area contributed by atoms with Crippen molar-refractivity contribution in [3.63, 3.8) is 0 Å². The van der Waals surface area contributed by atoms with Crippen LogP contribution < -0.4 is 5.32 Å². The first-order valence-corrected chi connectivity index (χ1v) is 8.20. The summed E-state index contributed by atoms with van der Waals surface area (Å²) in [6, 6.07) is 6.42. The van der Waals surface area contributed by atoms with Gasteiger partial charge in [-0.2, -0.15) is 0 Å². The summed E-state index contributed by atoms with van der Waals surface area (Å²) < 4.78 is 10.7. The Morgan fingerprint density at radius 1 is 1.36 bits per heavy atom. The van der Waals surface area contributed by atoms with Crippen LogP contribution in [0.4, 0.5) is 10.5 Å². The molecule has 7 nitrogen and oxygen atoms in total. The fraction of sp³-hybridized carbons (Fsp3) is 0.444. The summed E-state index contributed by atoms with van der Waals surface area (Å²) in [4.78, 5) is 26.0. The summed E-state index contributed by atoms with van der Waals surface area (Å²) in [5, 5.41) is 12.7. The van der Waals surface area contributed by atoms with Crippen LogP contribution >= 0.6 is 0 Å². The maximum atomic E-state index is 12.4. The van der Waals surface area contributed by atoms with Crippen LogP contribution in [-0.4, -0.2) is 40.2 Å². The van der Waals surface area contributed by atoms with E-state index < -0.39 is 17.7 Å². The fourth-order valence-electron chi connectivity index (χ4n) is 2.68. The van der Waals surface area contributed by atoms with Gasteiger partial charge in [-0.1, -0.05) is 0 Å². The minimum atomic E-state index is -0.593. The van der Waals surface area contributed by atoms with Crippen LogP contribution in [0, 0.1) is 0 Å². The van der Waals surface area contributed by atoms with Gasteiger partial charge in [-0.3, -0.25) is 9.69 Å². The minimum Gasteiger partial charge on any atom is -0.459 e. The molecule has 1 aliphatic heterocycles. The first-order chi connectivity index (χ1) is 11.8. The van der Waals surface area contributed by atoms with Crippen molar-refractivity contribution in [3.8, 4) is 0 Å². The second-order valence-corrected chi connectivity index (χ2v) is 7.09. The molecule has 1 aliphatic rings. The highest BCUT2D eigenvalue weighted by atomic mass is 16.6. The van der Waals surface area contributed by atoms with Gasteiger partial charge in [-0.15, -0.1) is 0 Å². The van der Waals surface area contributed by atoms with Crippen molar-refractivity contribution in [2.45, 2.75) is 45.4 Å². The van der Waals surface area contributed by atoms with E-state index in [4.69, 9.17) is 14.3 Å². The van der Waals surface area contributed by atoms with E-state index >= 15 is 0 Å². The summed E-state index contributed by atoms with van der Waals surface area (Å²) in [7, 11) is 0. The zero-order valence-corrected chi connectivity index (χ0v) is 14.5. The number of anilines is 1. The number of nitrogens with one attached hydrogen (secondary N) is 1. The lowest BCUT2D eigenvalue weighted by molar-refractivity contribution is -0.125. The lowest BCUT2D eigenvalue weighted by Gasteiger charge is -2.40. The predicted octanol–water partition coefficient (Wildman–Crippen LogP) is 2.87. The Labute approximate surface area is 145 Å². The molecule has 2 amide bonds. The molecule has 0 saturated carbocycles. The van der Waals surface area contributed by atoms with Gasteiger partial charge >= 0.3 is 6.09 Å². The van der Waals surface area contributed by atoms with Gasteiger partial charge in [0.05, 0.1) is 0 Å². The molecule has 2 heterocycles. The first-order valence-electron chi connectivity index (χ1n) is 8.20. The van der Waals surface area contributed by atoms with Gasteiger partial charge in [0, 0.05) is 17.6 Å². The van der Waals surface area contributed by atoms with Crippen LogP contribution in [0.1, 0.15) is 33.0 Å². The predicted molar refractivity (Wildman–Crippen MR) is 92.1 cm³/mol. The van der Waals surface area contributed by atoms with Crippen LogP contribution in [0.3, 0.4) is 0 Å². The number of hydrogen-bond acceptors (Lipinski definition) is 5. The Bertz CT molecular complexity index is 805. The third-order valence-electron chi connectivity index (χ3n) is 3.94. The number of carbonyl (C=O) groups excluding carboxylic acids is 2. The summed E-state index contributed by atoms with van der Waals surface area (Å²) in [6.45, 7) is 5.71. The average Bonchev–Trinajstić information content (AvgIpc) is 2.86. The number of furan rings is 1. The number of amides is 2. The van der Waals surface area contributed by atoms with Crippen molar-refractivity contribution in [2.24, 2.45) is 0 Å². The molecule has 134 valence electrons. The number of benzene rings is 1. The van der Waals surface area contributed by atoms with Gasteiger partial charge < -0.3 is 19.6 Å². The van der Waals surface area contributed by atoms with Gasteiger partial charge in [-0.25, -0.2) is 4.79 Å². The van der Waals surface area contributed by atoms with Crippen LogP contribution in [0.5, 0.6) is 0 Å². The lowest BCUT2D eigenvalue weighted by Crippen LogP contribution is -2.57. The van der Waals surface area contributed by atoms with Gasteiger partial charge in [-0.05, 0) is 51.5 Å². The Morgan fingerprint density at radius 2 is 2.12 bits per heavy atom. The topological polar surface area (TPSA) is 92.0 Å². The molecule has 25 heavy (non-hydrogen) atoms. The Balaban J connectivity index is 1.66. The summed E-state index contributed by atoms with van der Waals surface area (Å²) in [5.41, 5.74) is 0.657. The Hall–Kier alpha value is -2.54. The number of likely N-dealkylation sites (tertiary alicyclic amines) is 1. The summed E-state index contributed by atoms with van der Waals surface area (Å²) in [6.07, 6.45) is 0.130. The highest BCUT2D eigenvalue weighted by molar-refractivity contribution is 5.99. The molecule has 0 unspecified atom stereocenters. The van der Waals surface area contributed by atoms with Crippen molar-refractivity contribution < 1.29 is 23.8 Å². The molecule has 1 fully saturated rings. The van der Waals surface area contributed by atoms with Gasteiger partial charge in [0.25, 0.3) is 0 Å². The molecule has 1 atom stereocenters. The largest absolute Gasteiger partial charge is 0.459 e. The zero-order valence-electron chi connectivity index (χ0n) is 14.5. The van der Waals surface area contributed by atoms with Crippen molar-refractivity contribution in [1.82, 2.24) is 4.90 Å². The summed E-state index contributed by atoms with van der Waals surface area (Å²) in [5.74, 6) is 0.218. The van der Waals surface area contributed by atoms with E-state index in [0.717, 1.165) is 5.39 Å². The Kier molecular flexibility index (Phi) is 4.43. The maximum absolute atomic E-state index is 12.4. The number of aliphatic hydroxyl groups is 1. The number of nitrogens with zero attached hydrogens (tertiary/aromatic N) is 1. The monoisotopic (exact) mass is 346 g/mol. The molecule has 2 N–H and O–H groups in total. The van der Waals surface area contributed by atoms with Gasteiger partial charge in [0.1, 0.15) is 29.6 Å². The molecule has 0 radical (unpaired) electrons. The molecule has 1 aromatic carbocycles. The molecule has 3 rings (SSSR count). The maximum Gasteiger partial charge on any atom is 0.410 e. The van der Waals surface area contributed by atoms with Crippen molar-refractivity contribution in [1.29, 1.82) is 0 Å². The second-order valence-electron chi connectivity index (χ2n) is 7.09. The van der Waals surface area contributed by atoms with Crippen LogP contribution in [-0.2, 0) is 16.1 Å². The smallest absolute Gasteiger partial charge is 0.410 e. The van der Waals surface area contributed by atoms with Crippen LogP contribution in [0.15, 0.2) is 28.7 Å². The fourth-order valence-corrected chi connectivity index (χ4v) is 2.68. The molecule has 7 heteroatoms. The summed E-state index contributed by atoms with van der Waals surface area (Å²) >= 11 is 0. The van der Waals surface area contributed by atoms with Crippen molar-refractivity contribution in [2.75, 3.05) is 11.9 Å². The zero-order chi connectivity index (χ0) is 18.2. The Morgan fingerprint density at radius 3 is 2.72 bits per heavy atom. The van der Waals surface area contributed by atoms with Gasteiger partial charge in [0.15, 0.2) is 0 Å². The normalized spacial score (nSPS) is 17.3. The van der Waals surface area contributed by atoms with E-state index in [-0.39, 0.29) is 12.5 Å². The molecule has 2 aromatic rings. The third-order valence-corrected chi connectivity index (χ3v) is 3.94. The van der Waals surface area contributed by atoms with E-state index in [9.17, 15) is 9.59 Å². The van der Waals surface area contributed by atoms with E-state index in [1.165, 1.54) is 4.90 Å². The van der Waals surface area contributed by atoms with Crippen LogP contribution in [0.2, 0.25) is 0 Å². The van der Waals surface area contributed by atoms with E-state index in [1.54, 1.807) is 45.0 Å². The van der Waals surface area contributed by atoms with Crippen molar-refractivity contribution >= 4 is 28.7 Å². The molecule has 1 saturated heterocycles. The standard InChI is InChI=1S/C18H22N2O5/c1-18(2,3)25-17(23)20-7-6-14(20)16(22)19-12-4-5-15-11(8-12)9-13(10-21)24-15/h4-5,8-9,14,21H,6-7,10H2,1-3H3,(H,19,22)/t14-/m1/s1. The molecular weight excluding hydrogens is 324 g/mol. The third kappa shape index (κ3) is 3.76. The lowest BCUT2D eigenvalue weighted by atomic mass is 10.0. The van der Waals surface area contributed by atoms with Gasteiger partial charge in [0.2, 0.25) is 5.91 Å². The minimum absolute atomic E-state index is 0.177. The van der Waals surface area contributed by atoms with Crippen LogP contribution in [0.25, 0.3) is 11.0 Å². The average molecular weight is 346 g/mol. The van der Waals surface area contributed by atoms with Crippen molar-refractivity contribution in [3.05, 3.63) is 30.0 Å². The number of hydrogen-bond donors (Lipinski definition) is 2. The molecule has 1 aromatic heterocycles. The molecule has 0 spiro atoms. The number of fused-ring (bicyclic) bond motifs is 1. The number of rotatable bonds is 3. The molecule has 0 aliphatic carbocycles. The van der Waals surface area contributed by atoms with E-state index in [1.807, 2.05) is 0 Å². The highest BCUT2D eigenvalue weighted by Crippen LogP contribution is 2.25. The SMILES string of the molecule is CC(C)(C)OC(=O)N1CC[C@@H]1C(=O)Nc1ccc2oc(CO)cc2c1. The quantitative estimate of drug-likeness (QED) is 0.891. The molecule has 0 bridgehead atoms. The number of aliphatic hydroxyl groups excluding tert-OH is 1. The van der Waals surface area contributed by atoms with E-state index in [2.05, 4.69) is 5.32 Å². The second kappa shape index (κ2) is 6.40. The molecular formula is C18H22N2O5. The number of ether oxygens (including phenoxy) is 1. The van der Waals surface area contributed by atoms with E-state index in [0.29, 0.717) is 30.0 Å². The number of carbonyl (C=O) groups is 2.